The number of hydrogen-bond donors (Lipinski definition) is 2. The van der Waals surface area contributed by atoms with Crippen molar-refractivity contribution in [1.29, 1.82) is 0 Å². The number of amides is 2. The molecule has 0 aliphatic heterocycles. The number of nitrogens with one attached hydrogen (secondary N) is 2. The number of benzene rings is 2. The number of rotatable bonds is 7. The molecule has 2 amide bonds. The van der Waals surface area contributed by atoms with Crippen LogP contribution < -0.4 is 15.4 Å². The molecule has 2 N–H and O–H groups in total. The van der Waals surface area contributed by atoms with E-state index in [1.807, 2.05) is 99.4 Å². The van der Waals surface area contributed by atoms with E-state index in [4.69, 9.17) is 4.74 Å². The molecule has 1 atom stereocenters. The summed E-state index contributed by atoms with van der Waals surface area (Å²) in [7, 11) is 3.56. The number of hydrogen-bond acceptors (Lipinski definition) is 5. The second-order valence-corrected chi connectivity index (χ2v) is 9.65. The molecule has 0 unspecified atom stereocenters. The summed E-state index contributed by atoms with van der Waals surface area (Å²) in [6.07, 6.45) is 3.66. The normalized spacial score (nSPS) is 12.2. The van der Waals surface area contributed by atoms with Crippen molar-refractivity contribution >= 4 is 34.3 Å². The highest BCUT2D eigenvalue weighted by Gasteiger charge is 2.18. The molecule has 0 aliphatic carbocycles. The van der Waals surface area contributed by atoms with Crippen molar-refractivity contribution in [3.8, 4) is 16.9 Å². The zero-order chi connectivity index (χ0) is 27.0. The Morgan fingerprint density at radius 3 is 2.42 bits per heavy atom. The number of aromatic nitrogens is 4. The topological polar surface area (TPSA) is 103 Å². The van der Waals surface area contributed by atoms with Gasteiger partial charge < -0.3 is 14.6 Å². The molecule has 9 nitrogen and oxygen atoms in total. The molecular formula is C29H30N6O3. The van der Waals surface area contributed by atoms with Crippen LogP contribution in [-0.4, -0.2) is 38.1 Å². The Morgan fingerprint density at radius 2 is 1.71 bits per heavy atom. The van der Waals surface area contributed by atoms with Crippen molar-refractivity contribution in [3.63, 3.8) is 0 Å². The van der Waals surface area contributed by atoms with Gasteiger partial charge in [-0.25, -0.2) is 4.52 Å². The van der Waals surface area contributed by atoms with Gasteiger partial charge in [0, 0.05) is 36.3 Å². The van der Waals surface area contributed by atoms with Crippen molar-refractivity contribution in [2.75, 3.05) is 12.4 Å². The summed E-state index contributed by atoms with van der Waals surface area (Å²) in [4.78, 5) is 29.8. The van der Waals surface area contributed by atoms with Crippen molar-refractivity contribution in [2.45, 2.75) is 26.8 Å². The first-order valence-corrected chi connectivity index (χ1v) is 12.4. The third kappa shape index (κ3) is 4.82. The van der Waals surface area contributed by atoms with E-state index in [0.29, 0.717) is 11.2 Å². The lowest BCUT2D eigenvalue weighted by atomic mass is 10.0. The summed E-state index contributed by atoms with van der Waals surface area (Å²) in [5.41, 5.74) is 5.03. The zero-order valence-electron chi connectivity index (χ0n) is 22.0. The van der Waals surface area contributed by atoms with E-state index in [1.165, 1.54) is 0 Å². The Labute approximate surface area is 220 Å². The van der Waals surface area contributed by atoms with Crippen LogP contribution in [0.5, 0.6) is 5.75 Å². The minimum absolute atomic E-state index is 0.136. The van der Waals surface area contributed by atoms with Crippen molar-refractivity contribution in [1.82, 2.24) is 24.5 Å². The number of anilines is 1. The quantitative estimate of drug-likeness (QED) is 0.321. The molecular weight excluding hydrogens is 480 g/mol. The van der Waals surface area contributed by atoms with Gasteiger partial charge in [0.2, 0.25) is 11.9 Å². The predicted octanol–water partition coefficient (Wildman–Crippen LogP) is 4.98. The summed E-state index contributed by atoms with van der Waals surface area (Å²) in [6, 6.07) is 17.4. The molecule has 3 heterocycles. The minimum atomic E-state index is -0.174. The second-order valence-electron chi connectivity index (χ2n) is 9.65. The van der Waals surface area contributed by atoms with E-state index in [0.717, 1.165) is 33.3 Å². The van der Waals surface area contributed by atoms with E-state index in [2.05, 4.69) is 20.7 Å². The molecule has 5 aromatic rings. The van der Waals surface area contributed by atoms with Gasteiger partial charge in [-0.2, -0.15) is 4.98 Å². The summed E-state index contributed by atoms with van der Waals surface area (Å²) in [5.74, 6) is 0.594. The Morgan fingerprint density at radius 1 is 0.974 bits per heavy atom. The predicted molar refractivity (Wildman–Crippen MR) is 147 cm³/mol. The number of fused-ring (bicyclic) bond motifs is 2. The fraction of sp³-hybridized carbons (Fsp3) is 0.241. The summed E-state index contributed by atoms with van der Waals surface area (Å²) in [5, 5.41) is 11.0. The fourth-order valence-corrected chi connectivity index (χ4v) is 4.37. The summed E-state index contributed by atoms with van der Waals surface area (Å²) >= 11 is 0. The number of pyridine rings is 1. The molecule has 0 aliphatic rings. The first kappa shape index (κ1) is 25.0. The molecule has 0 radical (unpaired) electrons. The van der Waals surface area contributed by atoms with Crippen LogP contribution in [0.4, 0.5) is 5.95 Å². The van der Waals surface area contributed by atoms with Crippen LogP contribution in [0.25, 0.3) is 27.7 Å². The minimum Gasteiger partial charge on any atom is -0.497 e. The first-order valence-electron chi connectivity index (χ1n) is 12.4. The molecule has 0 fully saturated rings. The molecule has 38 heavy (non-hydrogen) atoms. The van der Waals surface area contributed by atoms with Gasteiger partial charge >= 0.3 is 0 Å². The lowest BCUT2D eigenvalue weighted by Gasteiger charge is -2.14. The number of carbonyl (C=O) groups is 2. The largest absolute Gasteiger partial charge is 0.497 e. The van der Waals surface area contributed by atoms with Crippen LogP contribution >= 0.6 is 0 Å². The lowest BCUT2D eigenvalue weighted by molar-refractivity contribution is -0.118. The highest BCUT2D eigenvalue weighted by atomic mass is 16.5. The number of ether oxygens (including phenoxy) is 1. The van der Waals surface area contributed by atoms with E-state index >= 15 is 0 Å². The molecule has 9 heteroatoms. The third-order valence-electron chi connectivity index (χ3n) is 6.63. The number of carbonyl (C=O) groups excluding carboxylic acids is 2. The molecule has 3 aromatic heterocycles. The lowest BCUT2D eigenvalue weighted by Crippen LogP contribution is -2.26. The monoisotopic (exact) mass is 510 g/mol. The molecule has 0 bridgehead atoms. The van der Waals surface area contributed by atoms with E-state index in [9.17, 15) is 9.59 Å². The van der Waals surface area contributed by atoms with E-state index in [-0.39, 0.29) is 29.7 Å². The summed E-state index contributed by atoms with van der Waals surface area (Å²) < 4.78 is 8.81. The van der Waals surface area contributed by atoms with Gasteiger partial charge in [0.1, 0.15) is 5.75 Å². The maximum Gasteiger partial charge on any atom is 0.253 e. The van der Waals surface area contributed by atoms with Crippen LogP contribution in [0.2, 0.25) is 0 Å². The highest BCUT2D eigenvalue weighted by Crippen LogP contribution is 2.29. The van der Waals surface area contributed by atoms with Gasteiger partial charge in [-0.1, -0.05) is 32.0 Å². The number of nitrogens with zero attached hydrogens (tertiary/aromatic N) is 4. The van der Waals surface area contributed by atoms with Gasteiger partial charge in [0.15, 0.2) is 5.65 Å². The van der Waals surface area contributed by atoms with Crippen LogP contribution in [0.15, 0.2) is 67.0 Å². The Bertz CT molecular complexity index is 1650. The fourth-order valence-electron chi connectivity index (χ4n) is 4.37. The SMILES string of the molecule is COc1ccc([C@H](C)NC(=O)c2cn(C)c3ccc(-c4ccn5nc(NC(=O)C(C)C)nc5c4)cc23)cc1. The Hall–Kier alpha value is -4.66. The maximum absolute atomic E-state index is 13.3. The smallest absolute Gasteiger partial charge is 0.253 e. The number of aryl methyl sites for hydroxylation is 1. The second kappa shape index (κ2) is 10.0. The van der Waals surface area contributed by atoms with E-state index < -0.39 is 0 Å². The molecule has 0 spiro atoms. The molecule has 194 valence electrons. The third-order valence-corrected chi connectivity index (χ3v) is 6.63. The molecule has 5 rings (SSSR count). The maximum atomic E-state index is 13.3. The average molecular weight is 511 g/mol. The van der Waals surface area contributed by atoms with Gasteiger partial charge in [-0.05, 0) is 60.0 Å². The Balaban J connectivity index is 1.43. The summed E-state index contributed by atoms with van der Waals surface area (Å²) in [6.45, 7) is 5.59. The average Bonchev–Trinajstić information content (AvgIpc) is 3.47. The van der Waals surface area contributed by atoms with Crippen molar-refractivity contribution < 1.29 is 14.3 Å². The van der Waals surface area contributed by atoms with Crippen molar-refractivity contribution in [3.05, 3.63) is 78.1 Å². The Kier molecular flexibility index (Phi) is 6.59. The van der Waals surface area contributed by atoms with Gasteiger partial charge in [0.05, 0.1) is 18.7 Å². The van der Waals surface area contributed by atoms with Gasteiger partial charge in [0.25, 0.3) is 5.91 Å². The standard InChI is InChI=1S/C29H30N6O3/c1-17(2)27(36)32-29-31-26-15-21(12-13-35(26)33-29)20-8-11-25-23(14-20)24(16-34(25)4)28(37)30-18(3)19-6-9-22(38-5)10-7-19/h6-18H,1-5H3,(H,30,37)(H,32,33,36)/t18-/m0/s1. The van der Waals surface area contributed by atoms with Crippen LogP contribution in [0.3, 0.4) is 0 Å². The van der Waals surface area contributed by atoms with Crippen LogP contribution in [-0.2, 0) is 11.8 Å². The van der Waals surface area contributed by atoms with Crippen molar-refractivity contribution in [2.24, 2.45) is 13.0 Å². The molecule has 0 saturated heterocycles. The molecule has 2 aromatic carbocycles. The highest BCUT2D eigenvalue weighted by molar-refractivity contribution is 6.08. The van der Waals surface area contributed by atoms with Crippen LogP contribution in [0.1, 0.15) is 42.7 Å². The van der Waals surface area contributed by atoms with Gasteiger partial charge in [-0.15, -0.1) is 5.10 Å². The zero-order valence-corrected chi connectivity index (χ0v) is 22.0. The van der Waals surface area contributed by atoms with Gasteiger partial charge in [-0.3, -0.25) is 14.9 Å². The number of methoxy groups -OCH3 is 1. The molecule has 0 saturated carbocycles. The first-order chi connectivity index (χ1) is 18.2. The van der Waals surface area contributed by atoms with Crippen LogP contribution in [0, 0.1) is 5.92 Å². The van der Waals surface area contributed by atoms with E-state index in [1.54, 1.807) is 11.6 Å².